The van der Waals surface area contributed by atoms with E-state index in [9.17, 15) is 14.7 Å². The van der Waals surface area contributed by atoms with Gasteiger partial charge in [-0.3, -0.25) is 9.59 Å². The van der Waals surface area contributed by atoms with Crippen molar-refractivity contribution in [3.63, 3.8) is 0 Å². The van der Waals surface area contributed by atoms with Crippen LogP contribution in [-0.4, -0.2) is 62.3 Å². The van der Waals surface area contributed by atoms with Crippen LogP contribution < -0.4 is 0 Å². The Balaban J connectivity index is 1.89. The van der Waals surface area contributed by atoms with Crippen molar-refractivity contribution in [2.45, 2.75) is 63.6 Å². The molecule has 0 saturated carbocycles. The molecule has 0 radical (unpaired) electrons. The number of aliphatic hydroxyl groups excluding tert-OH is 1. The monoisotopic (exact) mass is 424 g/mol. The molecule has 1 unspecified atom stereocenters. The first-order valence-electron chi connectivity index (χ1n) is 10.3. The van der Waals surface area contributed by atoms with E-state index in [1.54, 1.807) is 0 Å². The second kappa shape index (κ2) is 13.5. The van der Waals surface area contributed by atoms with Crippen molar-refractivity contribution in [2.75, 3.05) is 27.1 Å². The summed E-state index contributed by atoms with van der Waals surface area (Å²) >= 11 is 0. The lowest BCUT2D eigenvalue weighted by atomic mass is 10.1. The van der Waals surface area contributed by atoms with Crippen molar-refractivity contribution < 1.29 is 38.4 Å². The minimum Gasteiger partial charge on any atom is -0.462 e. The average molecular weight is 424 g/mol. The highest BCUT2D eigenvalue weighted by atomic mass is 16.7. The van der Waals surface area contributed by atoms with Gasteiger partial charge in [0.2, 0.25) is 0 Å². The van der Waals surface area contributed by atoms with Gasteiger partial charge in [-0.15, -0.1) is 0 Å². The largest absolute Gasteiger partial charge is 0.462 e. The highest BCUT2D eigenvalue weighted by Gasteiger charge is 2.38. The molecule has 168 valence electrons. The summed E-state index contributed by atoms with van der Waals surface area (Å²) in [6.45, 7) is 1.92. The molecule has 1 heterocycles. The van der Waals surface area contributed by atoms with E-state index in [1.807, 2.05) is 37.3 Å². The van der Waals surface area contributed by atoms with Crippen molar-refractivity contribution in [3.05, 3.63) is 35.9 Å². The molecular weight excluding hydrogens is 392 g/mol. The van der Waals surface area contributed by atoms with E-state index >= 15 is 0 Å². The van der Waals surface area contributed by atoms with Gasteiger partial charge in [-0.25, -0.2) is 0 Å². The third-order valence-electron chi connectivity index (χ3n) is 4.73. The third kappa shape index (κ3) is 8.12. The van der Waals surface area contributed by atoms with E-state index in [4.69, 9.17) is 23.7 Å². The van der Waals surface area contributed by atoms with Gasteiger partial charge in [-0.05, 0) is 6.42 Å². The fourth-order valence-corrected chi connectivity index (χ4v) is 3.11. The fraction of sp³-hybridized carbons (Fsp3) is 0.636. The molecule has 1 saturated heterocycles. The van der Waals surface area contributed by atoms with Crippen LogP contribution in [0, 0.1) is 0 Å². The predicted octanol–water partition coefficient (Wildman–Crippen LogP) is 2.53. The summed E-state index contributed by atoms with van der Waals surface area (Å²) in [4.78, 5) is 23.7. The molecule has 4 atom stereocenters. The van der Waals surface area contributed by atoms with Gasteiger partial charge < -0.3 is 28.8 Å². The molecule has 0 spiro atoms. The summed E-state index contributed by atoms with van der Waals surface area (Å²) in [5.74, 6) is -0.813. The Bertz CT molecular complexity index is 635. The Hall–Kier alpha value is -1.84. The Morgan fingerprint density at radius 2 is 2.00 bits per heavy atom. The summed E-state index contributed by atoms with van der Waals surface area (Å²) in [5, 5.41) is 10.6. The Morgan fingerprint density at radius 1 is 1.23 bits per heavy atom. The molecule has 0 amide bonds. The van der Waals surface area contributed by atoms with Gasteiger partial charge in [0, 0.05) is 19.1 Å². The fourth-order valence-electron chi connectivity index (χ4n) is 3.11. The summed E-state index contributed by atoms with van der Waals surface area (Å²) in [5.41, 5.74) is 0.801. The first-order valence-corrected chi connectivity index (χ1v) is 10.3. The molecule has 1 fully saturated rings. The summed E-state index contributed by atoms with van der Waals surface area (Å²) in [7, 11) is 1.49. The zero-order chi connectivity index (χ0) is 21.8. The SMILES string of the molecule is CCCCCC(=O)CC(=O)OC[C@H](O)[C@H]1OC(c2ccccc2)OC[C@H]1OCOC. The maximum Gasteiger partial charge on any atom is 0.313 e. The number of ketones is 1. The Morgan fingerprint density at radius 3 is 2.70 bits per heavy atom. The molecule has 2 rings (SSSR count). The molecule has 1 aromatic rings. The van der Waals surface area contributed by atoms with E-state index in [1.165, 1.54) is 7.11 Å². The number of aliphatic hydroxyl groups is 1. The number of esters is 1. The normalized spacial score (nSPS) is 22.4. The van der Waals surface area contributed by atoms with E-state index in [-0.39, 0.29) is 32.2 Å². The van der Waals surface area contributed by atoms with Crippen LogP contribution in [0.1, 0.15) is 50.9 Å². The van der Waals surface area contributed by atoms with Crippen LogP contribution in [0.25, 0.3) is 0 Å². The number of methoxy groups -OCH3 is 1. The maximum absolute atomic E-state index is 11.9. The molecule has 1 aliphatic heterocycles. The summed E-state index contributed by atoms with van der Waals surface area (Å²) in [6, 6.07) is 9.32. The van der Waals surface area contributed by atoms with Crippen LogP contribution in [0.3, 0.4) is 0 Å². The molecule has 0 aromatic heterocycles. The van der Waals surface area contributed by atoms with Gasteiger partial charge in [-0.1, -0.05) is 50.1 Å². The molecule has 1 aromatic carbocycles. The van der Waals surface area contributed by atoms with Crippen molar-refractivity contribution in [1.29, 1.82) is 0 Å². The maximum atomic E-state index is 11.9. The molecule has 1 aliphatic rings. The topological polar surface area (TPSA) is 101 Å². The Kier molecular flexibility index (Phi) is 11.0. The van der Waals surface area contributed by atoms with Gasteiger partial charge >= 0.3 is 5.97 Å². The van der Waals surface area contributed by atoms with Crippen LogP contribution in [0.2, 0.25) is 0 Å². The lowest BCUT2D eigenvalue weighted by Gasteiger charge is -2.38. The number of benzene rings is 1. The van der Waals surface area contributed by atoms with Crippen LogP contribution in [0.5, 0.6) is 0 Å². The van der Waals surface area contributed by atoms with Gasteiger partial charge in [0.15, 0.2) is 6.29 Å². The number of hydrogen-bond donors (Lipinski definition) is 1. The van der Waals surface area contributed by atoms with E-state index in [2.05, 4.69) is 0 Å². The van der Waals surface area contributed by atoms with Gasteiger partial charge in [0.05, 0.1) is 6.61 Å². The molecule has 0 bridgehead atoms. The second-order valence-corrected chi connectivity index (χ2v) is 7.21. The van der Waals surface area contributed by atoms with Crippen LogP contribution in [-0.2, 0) is 33.3 Å². The lowest BCUT2D eigenvalue weighted by molar-refractivity contribution is -0.295. The zero-order valence-corrected chi connectivity index (χ0v) is 17.7. The second-order valence-electron chi connectivity index (χ2n) is 7.21. The molecule has 8 heteroatoms. The lowest BCUT2D eigenvalue weighted by Crippen LogP contribution is -2.50. The van der Waals surface area contributed by atoms with Crippen LogP contribution >= 0.6 is 0 Å². The zero-order valence-electron chi connectivity index (χ0n) is 17.7. The first kappa shape index (κ1) is 24.4. The van der Waals surface area contributed by atoms with Gasteiger partial charge in [-0.2, -0.15) is 0 Å². The van der Waals surface area contributed by atoms with Crippen LogP contribution in [0.15, 0.2) is 30.3 Å². The number of unbranched alkanes of at least 4 members (excludes halogenated alkanes) is 2. The van der Waals surface area contributed by atoms with Crippen LogP contribution in [0.4, 0.5) is 0 Å². The van der Waals surface area contributed by atoms with Gasteiger partial charge in [0.25, 0.3) is 0 Å². The molecule has 1 N–H and O–H groups in total. The summed E-state index contributed by atoms with van der Waals surface area (Å²) in [6.07, 6.45) is -0.439. The number of hydrogen-bond acceptors (Lipinski definition) is 8. The Labute approximate surface area is 177 Å². The molecule has 0 aliphatic carbocycles. The molecule has 30 heavy (non-hydrogen) atoms. The molecular formula is C22H32O8. The number of Topliss-reactive ketones (excluding diaryl/α,β-unsaturated/α-hetero) is 1. The minimum absolute atomic E-state index is 0.00264. The van der Waals surface area contributed by atoms with E-state index in [0.717, 1.165) is 24.8 Å². The standard InChI is InChI=1S/C22H32O8/c1-3-4-6-11-17(23)12-20(25)27-13-18(24)21-19(29-15-26-2)14-28-22(30-21)16-9-7-5-8-10-16/h5,7-10,18-19,21-22,24H,3-4,6,11-15H2,1-2H3/t18-,19+,21+,22?/m0/s1. The van der Waals surface area contributed by atoms with E-state index in [0.29, 0.717) is 6.42 Å². The predicted molar refractivity (Wildman–Crippen MR) is 107 cm³/mol. The number of carbonyl (C=O) groups excluding carboxylic acids is 2. The third-order valence-corrected chi connectivity index (χ3v) is 4.73. The number of ether oxygens (including phenoxy) is 5. The average Bonchev–Trinajstić information content (AvgIpc) is 2.76. The highest BCUT2D eigenvalue weighted by molar-refractivity contribution is 5.95. The first-order chi connectivity index (χ1) is 14.5. The van der Waals surface area contributed by atoms with Crippen molar-refractivity contribution in [1.82, 2.24) is 0 Å². The summed E-state index contributed by atoms with van der Waals surface area (Å²) < 4.78 is 27.2. The molecule has 8 nitrogen and oxygen atoms in total. The minimum atomic E-state index is -1.15. The number of carbonyl (C=O) groups is 2. The van der Waals surface area contributed by atoms with Crippen molar-refractivity contribution >= 4 is 11.8 Å². The van der Waals surface area contributed by atoms with Gasteiger partial charge in [0.1, 0.15) is 43.9 Å². The number of rotatable bonds is 13. The van der Waals surface area contributed by atoms with Crippen molar-refractivity contribution in [2.24, 2.45) is 0 Å². The van der Waals surface area contributed by atoms with E-state index < -0.39 is 30.6 Å². The quantitative estimate of drug-likeness (QED) is 0.223. The van der Waals surface area contributed by atoms with Crippen molar-refractivity contribution in [3.8, 4) is 0 Å². The highest BCUT2D eigenvalue weighted by Crippen LogP contribution is 2.29. The smallest absolute Gasteiger partial charge is 0.313 e.